The second-order valence-corrected chi connectivity index (χ2v) is 25.7. The van der Waals surface area contributed by atoms with Crippen LogP contribution in [0, 0.1) is 0 Å². The monoisotopic (exact) mass is 878 g/mol. The molecule has 0 aromatic heterocycles. The van der Waals surface area contributed by atoms with Gasteiger partial charge in [0.05, 0.1) is 68.1 Å². The van der Waals surface area contributed by atoms with E-state index >= 15 is 0 Å². The van der Waals surface area contributed by atoms with Crippen LogP contribution in [0.4, 0.5) is 0 Å². The van der Waals surface area contributed by atoms with Crippen molar-refractivity contribution in [2.24, 2.45) is 0 Å². The van der Waals surface area contributed by atoms with E-state index in [9.17, 15) is 4.79 Å². The molecule has 4 fully saturated rings. The third-order valence-electron chi connectivity index (χ3n) is 14.1. The number of hydrogen-bond donors (Lipinski definition) is 0. The van der Waals surface area contributed by atoms with Crippen molar-refractivity contribution in [1.82, 2.24) is 0 Å². The van der Waals surface area contributed by atoms with Gasteiger partial charge < -0.3 is 37.3 Å². The lowest BCUT2D eigenvalue weighted by molar-refractivity contribution is -0.290. The number of carbonyl (C=O) groups excluding carboxylic acids is 1. The van der Waals surface area contributed by atoms with Crippen molar-refractivity contribution in [3.63, 3.8) is 0 Å². The van der Waals surface area contributed by atoms with E-state index in [1.54, 1.807) is 0 Å². The first-order valence-corrected chi connectivity index (χ1v) is 25.1. The predicted molar refractivity (Wildman–Crippen MR) is 248 cm³/mol. The number of benzene rings is 4. The molecule has 0 N–H and O–H groups in total. The van der Waals surface area contributed by atoms with Crippen LogP contribution in [0.1, 0.15) is 111 Å². The van der Waals surface area contributed by atoms with Crippen LogP contribution in [-0.2, 0) is 61.9 Å². The average Bonchev–Trinajstić information content (AvgIpc) is 3.37. The Morgan fingerprint density at radius 2 is 1.37 bits per heavy atom. The maximum absolute atomic E-state index is 14.3. The van der Waals surface area contributed by atoms with Crippen molar-refractivity contribution in [3.8, 4) is 0 Å². The predicted octanol–water partition coefficient (Wildman–Crippen LogP) is 11.0. The number of Topliss-reactive ketones (excluding diaryl/α,β-unsaturated/α-hetero) is 1. The lowest BCUT2D eigenvalue weighted by Crippen LogP contribution is -2.67. The largest absolute Gasteiger partial charge is 0.391 e. The zero-order chi connectivity index (χ0) is 44.5. The van der Waals surface area contributed by atoms with Crippen molar-refractivity contribution >= 4 is 25.1 Å². The maximum Gasteiger partial charge on any atom is 0.349 e. The van der Waals surface area contributed by atoms with Crippen LogP contribution in [-0.4, -0.2) is 81.5 Å². The average molecular weight is 879 g/mol. The molecule has 0 bridgehead atoms. The van der Waals surface area contributed by atoms with E-state index in [4.69, 9.17) is 37.3 Å². The molecule has 9 atom stereocenters. The third-order valence-corrected chi connectivity index (χ3v) is 19.2. The smallest absolute Gasteiger partial charge is 0.349 e. The molecule has 63 heavy (non-hydrogen) atoms. The Morgan fingerprint density at radius 1 is 0.714 bits per heavy atom. The van der Waals surface area contributed by atoms with Crippen LogP contribution >= 0.6 is 0 Å². The molecule has 4 aromatic rings. The summed E-state index contributed by atoms with van der Waals surface area (Å²) in [5.74, 6) is 0.0610. The second kappa shape index (κ2) is 18.9. The van der Waals surface area contributed by atoms with Crippen LogP contribution in [0.25, 0.3) is 10.8 Å². The summed E-state index contributed by atoms with van der Waals surface area (Å²) in [4.78, 5) is 14.3. The number of carbonyl (C=O) groups is 1. The van der Waals surface area contributed by atoms with Gasteiger partial charge >= 0.3 is 8.56 Å². The Labute approximate surface area is 376 Å². The van der Waals surface area contributed by atoms with Gasteiger partial charge in [-0.2, -0.15) is 0 Å². The summed E-state index contributed by atoms with van der Waals surface area (Å²) in [6, 6.07) is 35.3. The molecule has 0 unspecified atom stereocenters. The molecular weight excluding hydrogens is 809 g/mol. The van der Waals surface area contributed by atoms with Crippen LogP contribution in [0.2, 0.25) is 10.1 Å². The molecule has 9 nitrogen and oxygen atoms in total. The normalized spacial score (nSPS) is 31.2. The highest BCUT2D eigenvalue weighted by Crippen LogP contribution is 2.55. The zero-order valence-electron chi connectivity index (χ0n) is 38.8. The Kier molecular flexibility index (Phi) is 13.9. The van der Waals surface area contributed by atoms with Gasteiger partial charge in [0.1, 0.15) is 12.2 Å². The summed E-state index contributed by atoms with van der Waals surface area (Å²) < 4.78 is 55.2. The van der Waals surface area contributed by atoms with E-state index in [-0.39, 0.29) is 46.4 Å². The number of ketones is 1. The summed E-state index contributed by atoms with van der Waals surface area (Å²) in [5, 5.41) is 2.03. The van der Waals surface area contributed by atoms with Crippen LogP contribution in [0.3, 0.4) is 0 Å². The number of rotatable bonds is 13. The van der Waals surface area contributed by atoms with Crippen molar-refractivity contribution in [2.75, 3.05) is 13.2 Å². The fourth-order valence-corrected chi connectivity index (χ4v) is 15.7. The maximum atomic E-state index is 14.3. The van der Waals surface area contributed by atoms with Crippen LogP contribution in [0.15, 0.2) is 103 Å². The van der Waals surface area contributed by atoms with Crippen LogP contribution < -0.4 is 0 Å². The standard InChI is InChI=1S/C53H70O9Si/c1-50(2,3)63(51(4,5)6)58-36-47-46(61-63)31-44(56-35-39-23-24-40-21-15-16-22-41(40)29-39)45(59-47)30-43-42(54)25-26-52(7)49(60-43)32-48(57-34-38-19-13-10-14-20-38)53(8,62-52)27-28-55-33-37-17-11-9-12-18-37/h9-24,29,43-49H,25-28,30-36H2,1-8H3/t43-,44-,45+,46+,47-,48-,49+,52-,53+/m1/s1. The molecule has 8 rings (SSSR count). The lowest BCUT2D eigenvalue weighted by atomic mass is 9.79. The molecule has 0 radical (unpaired) electrons. The van der Waals surface area contributed by atoms with Gasteiger partial charge in [0.2, 0.25) is 0 Å². The fraction of sp³-hybridized carbons (Fsp3) is 0.566. The summed E-state index contributed by atoms with van der Waals surface area (Å²) in [5.41, 5.74) is 1.92. The molecule has 0 saturated carbocycles. The minimum Gasteiger partial charge on any atom is -0.391 e. The molecule has 0 spiro atoms. The zero-order valence-corrected chi connectivity index (χ0v) is 39.8. The molecule has 4 saturated heterocycles. The number of fused-ring (bicyclic) bond motifs is 3. The van der Waals surface area contributed by atoms with Crippen LogP contribution in [0.5, 0.6) is 0 Å². The van der Waals surface area contributed by atoms with Crippen molar-refractivity contribution < 1.29 is 42.1 Å². The summed E-state index contributed by atoms with van der Waals surface area (Å²) in [6.45, 7) is 20.0. The minimum absolute atomic E-state index is 0.0610. The van der Waals surface area contributed by atoms with Gasteiger partial charge in [0, 0.05) is 48.8 Å². The van der Waals surface area contributed by atoms with Gasteiger partial charge in [-0.1, -0.05) is 139 Å². The molecule has 340 valence electrons. The van der Waals surface area contributed by atoms with E-state index in [0.29, 0.717) is 71.6 Å². The van der Waals surface area contributed by atoms with E-state index in [0.717, 1.165) is 16.7 Å². The third kappa shape index (κ3) is 10.3. The highest BCUT2D eigenvalue weighted by atomic mass is 28.4. The first-order chi connectivity index (χ1) is 30.0. The van der Waals surface area contributed by atoms with Crippen molar-refractivity contribution in [2.45, 2.75) is 178 Å². The summed E-state index contributed by atoms with van der Waals surface area (Å²) in [7, 11) is -2.77. The minimum atomic E-state index is -2.77. The van der Waals surface area contributed by atoms with E-state index in [1.807, 2.05) is 36.4 Å². The van der Waals surface area contributed by atoms with Gasteiger partial charge in [-0.3, -0.25) is 4.79 Å². The fourth-order valence-electron chi connectivity index (χ4n) is 10.7. The van der Waals surface area contributed by atoms with E-state index in [2.05, 4.69) is 122 Å². The van der Waals surface area contributed by atoms with Gasteiger partial charge in [-0.15, -0.1) is 0 Å². The quantitative estimate of drug-likeness (QED) is 0.0962. The second-order valence-electron chi connectivity index (χ2n) is 20.9. The summed E-state index contributed by atoms with van der Waals surface area (Å²) >= 11 is 0. The molecule has 0 amide bonds. The Hall–Kier alpha value is -3.29. The number of ether oxygens (including phenoxy) is 6. The molecule has 4 aliphatic rings. The molecule has 4 aliphatic heterocycles. The Bertz CT molecular complexity index is 2120. The number of hydrogen-bond acceptors (Lipinski definition) is 9. The van der Waals surface area contributed by atoms with Gasteiger partial charge in [-0.05, 0) is 53.8 Å². The topological polar surface area (TPSA) is 90.9 Å². The van der Waals surface area contributed by atoms with Crippen molar-refractivity contribution in [3.05, 3.63) is 120 Å². The molecule has 4 aromatic carbocycles. The highest BCUT2D eigenvalue weighted by molar-refractivity contribution is 6.73. The molecule has 0 aliphatic carbocycles. The SMILES string of the molecule is CC(C)(C)[Si]1(C(C)(C)C)OC[C@H]2O[C@@H](C[C@H]3O[C@H]4C[C@@H](OCc5ccccc5)[C@](C)(CCOCc5ccccc5)O[C@]4(C)CCC3=O)[C@H](OCc3ccc4ccccc4c3)C[C@@H]2O1. The van der Waals surface area contributed by atoms with E-state index in [1.165, 1.54) is 10.8 Å². The van der Waals surface area contributed by atoms with Crippen molar-refractivity contribution in [1.29, 1.82) is 0 Å². The van der Waals surface area contributed by atoms with Gasteiger partial charge in [0.25, 0.3) is 0 Å². The Balaban J connectivity index is 1.01. The van der Waals surface area contributed by atoms with Gasteiger partial charge in [-0.25, -0.2) is 0 Å². The molecule has 4 heterocycles. The summed E-state index contributed by atoms with van der Waals surface area (Å²) in [6.07, 6.45) is 0.466. The lowest BCUT2D eigenvalue weighted by Gasteiger charge is -2.56. The first-order valence-electron chi connectivity index (χ1n) is 23.3. The van der Waals surface area contributed by atoms with Gasteiger partial charge in [0.15, 0.2) is 5.78 Å². The molecular formula is C53H70O9Si. The van der Waals surface area contributed by atoms with E-state index < -0.39 is 32.0 Å². The Morgan fingerprint density at radius 3 is 2.06 bits per heavy atom. The first kappa shape index (κ1) is 46.2. The highest BCUT2D eigenvalue weighted by Gasteiger charge is 2.63. The molecule has 10 heteroatoms.